The number of nitrogens with two attached hydrogens (primary N) is 1. The van der Waals surface area contributed by atoms with Crippen molar-refractivity contribution < 1.29 is 0 Å². The Kier molecular flexibility index (Phi) is 9.24. The van der Waals surface area contributed by atoms with Crippen LogP contribution in [-0.4, -0.2) is 21.6 Å². The van der Waals surface area contributed by atoms with Gasteiger partial charge >= 0.3 is 0 Å². The normalized spacial score (nSPS) is 19.0. The second-order valence-corrected chi connectivity index (χ2v) is 5.22. The van der Waals surface area contributed by atoms with E-state index in [1.54, 1.807) is 23.0 Å². The van der Waals surface area contributed by atoms with Crippen LogP contribution < -0.4 is 16.6 Å². The molecule has 0 aromatic carbocycles. The molecule has 23 heavy (non-hydrogen) atoms. The monoisotopic (exact) mass is 378 g/mol. The summed E-state index contributed by atoms with van der Waals surface area (Å²) in [6.45, 7) is 0. The quantitative estimate of drug-likeness (QED) is 0.860. The molecule has 1 aliphatic carbocycles. The van der Waals surface area contributed by atoms with Crippen LogP contribution in [0.4, 0.5) is 5.82 Å². The van der Waals surface area contributed by atoms with Gasteiger partial charge in [-0.1, -0.05) is 6.07 Å². The van der Waals surface area contributed by atoms with Gasteiger partial charge in [0.1, 0.15) is 5.82 Å². The minimum atomic E-state index is -0.0585. The fourth-order valence-electron chi connectivity index (χ4n) is 2.61. The molecule has 3 rings (SSSR count). The summed E-state index contributed by atoms with van der Waals surface area (Å²) < 4.78 is 1.57. The molecular formula is C15H21Cl3N4O. The summed E-state index contributed by atoms with van der Waals surface area (Å²) in [5.74, 6) is 0.830. The minimum Gasteiger partial charge on any atom is -0.367 e. The Morgan fingerprint density at radius 1 is 1.13 bits per heavy atom. The molecule has 128 valence electrons. The summed E-state index contributed by atoms with van der Waals surface area (Å²) in [5.41, 5.74) is 6.61. The van der Waals surface area contributed by atoms with E-state index in [0.717, 1.165) is 30.8 Å². The van der Waals surface area contributed by atoms with Crippen LogP contribution >= 0.6 is 37.2 Å². The summed E-state index contributed by atoms with van der Waals surface area (Å²) in [6, 6.07) is 9.59. The molecule has 0 radical (unpaired) electrons. The van der Waals surface area contributed by atoms with Gasteiger partial charge in [-0.2, -0.15) is 0 Å². The average Bonchev–Trinajstić information content (AvgIpc) is 2.86. The highest BCUT2D eigenvalue weighted by Gasteiger charge is 2.21. The minimum absolute atomic E-state index is 0. The van der Waals surface area contributed by atoms with Gasteiger partial charge in [-0.15, -0.1) is 37.2 Å². The molecule has 8 heteroatoms. The fraction of sp³-hybridized carbons (Fsp3) is 0.333. The number of halogens is 3. The third-order valence-corrected chi connectivity index (χ3v) is 3.67. The van der Waals surface area contributed by atoms with E-state index in [1.165, 1.54) is 6.07 Å². The molecule has 0 amide bonds. The average molecular weight is 380 g/mol. The van der Waals surface area contributed by atoms with Crippen LogP contribution in [0.15, 0.2) is 47.5 Å². The lowest BCUT2D eigenvalue weighted by molar-refractivity contribution is 0.686. The van der Waals surface area contributed by atoms with Crippen LogP contribution in [0.1, 0.15) is 19.3 Å². The Morgan fingerprint density at radius 2 is 1.91 bits per heavy atom. The first-order valence-electron chi connectivity index (χ1n) is 6.88. The smallest absolute Gasteiger partial charge is 0.255 e. The van der Waals surface area contributed by atoms with Crippen molar-refractivity contribution >= 4 is 43.0 Å². The summed E-state index contributed by atoms with van der Waals surface area (Å²) in [7, 11) is 0. The number of aromatic nitrogens is 2. The van der Waals surface area contributed by atoms with E-state index in [4.69, 9.17) is 5.73 Å². The highest BCUT2D eigenvalue weighted by Crippen LogP contribution is 2.21. The third kappa shape index (κ3) is 5.39. The standard InChI is InChI=1S/C15H18N4O.3ClH/c16-11-4-5-12(9-11)18-14-7-6-13(10-17-14)19-8-2-1-3-15(19)20;;;/h1-3,6-8,10-12H,4-5,9,16H2,(H,17,18);3*1H/t11-,12-;;;/m0.../s1. The van der Waals surface area contributed by atoms with Gasteiger partial charge < -0.3 is 11.1 Å². The fourth-order valence-corrected chi connectivity index (χ4v) is 2.61. The Balaban J connectivity index is 0.00000161. The Hall–Kier alpha value is -1.27. The molecule has 2 atom stereocenters. The molecule has 0 bridgehead atoms. The lowest BCUT2D eigenvalue weighted by Gasteiger charge is -2.13. The van der Waals surface area contributed by atoms with E-state index in [-0.39, 0.29) is 42.8 Å². The largest absolute Gasteiger partial charge is 0.367 e. The van der Waals surface area contributed by atoms with E-state index in [9.17, 15) is 4.79 Å². The molecule has 0 unspecified atom stereocenters. The molecule has 3 N–H and O–H groups in total. The van der Waals surface area contributed by atoms with Gasteiger partial charge in [-0.3, -0.25) is 9.36 Å². The number of hydrogen-bond acceptors (Lipinski definition) is 4. The Labute approximate surface area is 153 Å². The first-order chi connectivity index (χ1) is 9.72. The molecule has 0 saturated heterocycles. The van der Waals surface area contributed by atoms with Gasteiger partial charge in [0, 0.05) is 24.3 Å². The summed E-state index contributed by atoms with van der Waals surface area (Å²) in [6.07, 6.45) is 6.58. The maximum atomic E-state index is 11.7. The number of nitrogens with one attached hydrogen (secondary N) is 1. The Morgan fingerprint density at radius 3 is 2.48 bits per heavy atom. The predicted octanol–water partition coefficient (Wildman–Crippen LogP) is 2.79. The van der Waals surface area contributed by atoms with Crippen LogP contribution in [0.2, 0.25) is 0 Å². The van der Waals surface area contributed by atoms with E-state index < -0.39 is 0 Å². The van der Waals surface area contributed by atoms with E-state index >= 15 is 0 Å². The number of anilines is 1. The van der Waals surface area contributed by atoms with Gasteiger partial charge in [0.15, 0.2) is 0 Å². The zero-order chi connectivity index (χ0) is 13.9. The van der Waals surface area contributed by atoms with Crippen molar-refractivity contribution in [3.63, 3.8) is 0 Å². The number of nitrogens with zero attached hydrogens (tertiary/aromatic N) is 2. The van der Waals surface area contributed by atoms with Gasteiger partial charge in [0.25, 0.3) is 5.56 Å². The maximum Gasteiger partial charge on any atom is 0.255 e. The SMILES string of the molecule is Cl.Cl.Cl.N[C@H]1CC[C@H](Nc2ccc(-n3ccccc3=O)cn2)C1. The van der Waals surface area contributed by atoms with Gasteiger partial charge in [-0.25, -0.2) is 4.98 Å². The Bertz CT molecular complexity index is 648. The molecular weight excluding hydrogens is 359 g/mol. The molecule has 0 spiro atoms. The van der Waals surface area contributed by atoms with Gasteiger partial charge in [0.05, 0.1) is 11.9 Å². The second kappa shape index (κ2) is 9.78. The predicted molar refractivity (Wildman–Crippen MR) is 101 cm³/mol. The zero-order valence-electron chi connectivity index (χ0n) is 12.4. The van der Waals surface area contributed by atoms with E-state index in [1.807, 2.05) is 18.2 Å². The van der Waals surface area contributed by atoms with Crippen LogP contribution in [0.5, 0.6) is 0 Å². The first kappa shape index (κ1) is 21.7. The molecule has 0 aliphatic heterocycles. The first-order valence-corrected chi connectivity index (χ1v) is 6.88. The zero-order valence-corrected chi connectivity index (χ0v) is 14.9. The van der Waals surface area contributed by atoms with E-state index in [0.29, 0.717) is 12.1 Å². The molecule has 1 aliphatic rings. The molecule has 2 aromatic heterocycles. The number of hydrogen-bond donors (Lipinski definition) is 2. The van der Waals surface area contributed by atoms with Crippen LogP contribution in [0.3, 0.4) is 0 Å². The van der Waals surface area contributed by atoms with Crippen molar-refractivity contribution in [2.24, 2.45) is 5.73 Å². The summed E-state index contributed by atoms with van der Waals surface area (Å²) >= 11 is 0. The molecule has 2 aromatic rings. The van der Waals surface area contributed by atoms with Crippen molar-refractivity contribution in [1.29, 1.82) is 0 Å². The summed E-state index contributed by atoms with van der Waals surface area (Å²) in [5, 5.41) is 3.39. The topological polar surface area (TPSA) is 72.9 Å². The third-order valence-electron chi connectivity index (χ3n) is 3.67. The van der Waals surface area contributed by atoms with Gasteiger partial charge in [0.2, 0.25) is 0 Å². The summed E-state index contributed by atoms with van der Waals surface area (Å²) in [4.78, 5) is 16.1. The maximum absolute atomic E-state index is 11.7. The van der Waals surface area contributed by atoms with Crippen LogP contribution in [0.25, 0.3) is 5.69 Å². The van der Waals surface area contributed by atoms with Gasteiger partial charge in [-0.05, 0) is 37.5 Å². The van der Waals surface area contributed by atoms with Crippen molar-refractivity contribution in [2.75, 3.05) is 5.32 Å². The van der Waals surface area contributed by atoms with Crippen molar-refractivity contribution in [1.82, 2.24) is 9.55 Å². The molecule has 1 saturated carbocycles. The second-order valence-electron chi connectivity index (χ2n) is 5.22. The molecule has 5 nitrogen and oxygen atoms in total. The number of rotatable bonds is 3. The van der Waals surface area contributed by atoms with Crippen LogP contribution in [0, 0.1) is 0 Å². The van der Waals surface area contributed by atoms with Crippen molar-refractivity contribution in [2.45, 2.75) is 31.3 Å². The van der Waals surface area contributed by atoms with Crippen molar-refractivity contribution in [3.05, 3.63) is 53.1 Å². The van der Waals surface area contributed by atoms with Crippen LogP contribution in [-0.2, 0) is 0 Å². The lowest BCUT2D eigenvalue weighted by Crippen LogP contribution is -2.21. The number of pyridine rings is 2. The lowest BCUT2D eigenvalue weighted by atomic mass is 10.2. The van der Waals surface area contributed by atoms with E-state index in [2.05, 4.69) is 10.3 Å². The van der Waals surface area contributed by atoms with Crippen molar-refractivity contribution in [3.8, 4) is 5.69 Å². The molecule has 1 fully saturated rings. The molecule has 2 heterocycles. The highest BCUT2D eigenvalue weighted by molar-refractivity contribution is 5.86. The highest BCUT2D eigenvalue weighted by atomic mass is 35.5.